The Labute approximate surface area is 171 Å². The number of aliphatic hydroxyl groups excluding tert-OH is 1. The smallest absolute Gasteiger partial charge is 0.229 e. The summed E-state index contributed by atoms with van der Waals surface area (Å²) in [5.74, 6) is 2.27. The number of aliphatic hydroxyl groups is 1. The number of hydrogen-bond donors (Lipinski definition) is 2. The van der Waals surface area contributed by atoms with Crippen LogP contribution in [0.2, 0.25) is 0 Å². The number of fused-ring (bicyclic) bond motifs is 1. The van der Waals surface area contributed by atoms with Crippen molar-refractivity contribution in [1.82, 2.24) is 15.0 Å². The summed E-state index contributed by atoms with van der Waals surface area (Å²) in [5.41, 5.74) is 4.56. The third kappa shape index (κ3) is 3.59. The molecule has 0 fully saturated rings. The molecule has 29 heavy (non-hydrogen) atoms. The first-order valence-corrected chi connectivity index (χ1v) is 9.62. The third-order valence-electron chi connectivity index (χ3n) is 5.30. The summed E-state index contributed by atoms with van der Waals surface area (Å²) in [5, 5.41) is 12.7. The van der Waals surface area contributed by atoms with E-state index in [9.17, 15) is 5.11 Å². The van der Waals surface area contributed by atoms with Gasteiger partial charge < -0.3 is 15.3 Å². The molecule has 0 spiro atoms. The van der Waals surface area contributed by atoms with Crippen molar-refractivity contribution in [3.05, 3.63) is 72.1 Å². The molecular formula is C23H25N5O. The standard InChI is InChI=1S/C23H25N5O/c1-15-8-9-17(11-18(15)16(2)13-29)26-22-25-12-19-21(27-22)28(14-23(19,3)4)20-7-5-6-10-24-20/h5-12,29H,2,13-14H2,1,3-4H3,(H,25,26,27). The van der Waals surface area contributed by atoms with Crippen LogP contribution in [0.25, 0.3) is 5.57 Å². The number of anilines is 4. The second-order valence-electron chi connectivity index (χ2n) is 8.01. The highest BCUT2D eigenvalue weighted by Gasteiger charge is 2.38. The normalized spacial score (nSPS) is 14.6. The van der Waals surface area contributed by atoms with Crippen molar-refractivity contribution in [2.24, 2.45) is 0 Å². The van der Waals surface area contributed by atoms with Crippen LogP contribution >= 0.6 is 0 Å². The van der Waals surface area contributed by atoms with Gasteiger partial charge in [-0.25, -0.2) is 9.97 Å². The van der Waals surface area contributed by atoms with Crippen LogP contribution in [-0.4, -0.2) is 33.2 Å². The summed E-state index contributed by atoms with van der Waals surface area (Å²) < 4.78 is 0. The molecule has 0 aliphatic carbocycles. The average Bonchev–Trinajstić information content (AvgIpc) is 3.00. The maximum Gasteiger partial charge on any atom is 0.229 e. The number of hydrogen-bond acceptors (Lipinski definition) is 6. The highest BCUT2D eigenvalue weighted by Crippen LogP contribution is 2.42. The largest absolute Gasteiger partial charge is 0.392 e. The SMILES string of the molecule is C=C(CO)c1cc(Nc2ncc3c(n2)N(c2ccccn2)CC3(C)C)ccc1C. The van der Waals surface area contributed by atoms with Gasteiger partial charge in [0.2, 0.25) is 5.95 Å². The van der Waals surface area contributed by atoms with E-state index in [1.54, 1.807) is 6.20 Å². The molecule has 3 aromatic rings. The number of pyridine rings is 1. The topological polar surface area (TPSA) is 74.2 Å². The molecule has 0 radical (unpaired) electrons. The summed E-state index contributed by atoms with van der Waals surface area (Å²) in [4.78, 5) is 16.0. The molecule has 6 heteroatoms. The summed E-state index contributed by atoms with van der Waals surface area (Å²) in [6.45, 7) is 11.0. The van der Waals surface area contributed by atoms with Gasteiger partial charge in [-0.05, 0) is 47.9 Å². The Morgan fingerprint density at radius 2 is 2.07 bits per heavy atom. The first-order valence-electron chi connectivity index (χ1n) is 9.62. The van der Waals surface area contributed by atoms with E-state index in [0.717, 1.165) is 40.6 Å². The number of aryl methyl sites for hydroxylation is 1. The van der Waals surface area contributed by atoms with E-state index in [1.807, 2.05) is 49.5 Å². The predicted octanol–water partition coefficient (Wildman–Crippen LogP) is 4.36. The number of nitrogens with one attached hydrogen (secondary N) is 1. The Hall–Kier alpha value is -3.25. The van der Waals surface area contributed by atoms with Crippen LogP contribution in [-0.2, 0) is 5.41 Å². The summed E-state index contributed by atoms with van der Waals surface area (Å²) in [7, 11) is 0. The van der Waals surface area contributed by atoms with Crippen molar-refractivity contribution >= 4 is 28.8 Å². The molecule has 0 bridgehead atoms. The Bertz CT molecular complexity index is 1060. The van der Waals surface area contributed by atoms with Gasteiger partial charge in [-0.15, -0.1) is 0 Å². The van der Waals surface area contributed by atoms with E-state index in [-0.39, 0.29) is 12.0 Å². The molecule has 2 N–H and O–H groups in total. The van der Waals surface area contributed by atoms with Gasteiger partial charge >= 0.3 is 0 Å². The summed E-state index contributed by atoms with van der Waals surface area (Å²) in [6, 6.07) is 11.8. The van der Waals surface area contributed by atoms with E-state index in [2.05, 4.69) is 40.6 Å². The van der Waals surface area contributed by atoms with Crippen LogP contribution in [0.1, 0.15) is 30.5 Å². The molecule has 1 aliphatic heterocycles. The fraction of sp³-hybridized carbons (Fsp3) is 0.261. The molecular weight excluding hydrogens is 362 g/mol. The fourth-order valence-electron chi connectivity index (χ4n) is 3.67. The minimum atomic E-state index is -0.0756. The quantitative estimate of drug-likeness (QED) is 0.678. The minimum absolute atomic E-state index is 0.0682. The highest BCUT2D eigenvalue weighted by atomic mass is 16.3. The number of rotatable bonds is 5. The lowest BCUT2D eigenvalue weighted by atomic mass is 9.89. The Balaban J connectivity index is 1.69. The lowest BCUT2D eigenvalue weighted by molar-refractivity contribution is 0.350. The van der Waals surface area contributed by atoms with Crippen LogP contribution < -0.4 is 10.2 Å². The monoisotopic (exact) mass is 387 g/mol. The van der Waals surface area contributed by atoms with E-state index >= 15 is 0 Å². The van der Waals surface area contributed by atoms with E-state index in [0.29, 0.717) is 11.5 Å². The first-order chi connectivity index (χ1) is 13.9. The molecule has 148 valence electrons. The van der Waals surface area contributed by atoms with Gasteiger partial charge in [0.25, 0.3) is 0 Å². The van der Waals surface area contributed by atoms with Crippen molar-refractivity contribution in [2.75, 3.05) is 23.4 Å². The van der Waals surface area contributed by atoms with Gasteiger partial charge in [0, 0.05) is 35.6 Å². The van der Waals surface area contributed by atoms with Gasteiger partial charge in [-0.2, -0.15) is 4.98 Å². The maximum absolute atomic E-state index is 9.43. The minimum Gasteiger partial charge on any atom is -0.392 e. The van der Waals surface area contributed by atoms with Gasteiger partial charge in [-0.1, -0.05) is 32.6 Å². The second kappa shape index (κ2) is 7.29. The molecule has 0 atom stereocenters. The summed E-state index contributed by atoms with van der Waals surface area (Å²) >= 11 is 0. The molecule has 3 heterocycles. The molecule has 1 aliphatic rings. The Morgan fingerprint density at radius 1 is 1.24 bits per heavy atom. The lowest BCUT2D eigenvalue weighted by Gasteiger charge is -2.20. The number of nitrogens with zero attached hydrogens (tertiary/aromatic N) is 4. The zero-order valence-corrected chi connectivity index (χ0v) is 17.0. The number of aromatic nitrogens is 3. The molecule has 2 aromatic heterocycles. The van der Waals surface area contributed by atoms with E-state index in [4.69, 9.17) is 4.98 Å². The first kappa shape index (κ1) is 19.1. The van der Waals surface area contributed by atoms with Crippen LogP contribution in [0.15, 0.2) is 55.4 Å². The van der Waals surface area contributed by atoms with Crippen molar-refractivity contribution < 1.29 is 5.11 Å². The fourth-order valence-corrected chi connectivity index (χ4v) is 3.67. The van der Waals surface area contributed by atoms with E-state index < -0.39 is 0 Å². The molecule has 6 nitrogen and oxygen atoms in total. The molecule has 1 aromatic carbocycles. The average molecular weight is 387 g/mol. The molecule has 0 amide bonds. The second-order valence-corrected chi connectivity index (χ2v) is 8.01. The molecule has 0 saturated heterocycles. The zero-order valence-electron chi connectivity index (χ0n) is 17.0. The Kier molecular flexibility index (Phi) is 4.80. The highest BCUT2D eigenvalue weighted by molar-refractivity contribution is 5.72. The van der Waals surface area contributed by atoms with Crippen molar-refractivity contribution in [2.45, 2.75) is 26.2 Å². The third-order valence-corrected chi connectivity index (χ3v) is 5.30. The van der Waals surface area contributed by atoms with Crippen LogP contribution in [0.4, 0.5) is 23.3 Å². The lowest BCUT2D eigenvalue weighted by Crippen LogP contribution is -2.25. The molecule has 4 rings (SSSR count). The predicted molar refractivity (Wildman–Crippen MR) is 117 cm³/mol. The number of benzene rings is 1. The van der Waals surface area contributed by atoms with Crippen LogP contribution in [0.5, 0.6) is 0 Å². The summed E-state index contributed by atoms with van der Waals surface area (Å²) in [6.07, 6.45) is 3.69. The molecule has 0 saturated carbocycles. The Morgan fingerprint density at radius 3 is 2.79 bits per heavy atom. The van der Waals surface area contributed by atoms with Gasteiger partial charge in [0.1, 0.15) is 11.6 Å². The van der Waals surface area contributed by atoms with Crippen molar-refractivity contribution in [1.29, 1.82) is 0 Å². The van der Waals surface area contributed by atoms with Crippen LogP contribution in [0.3, 0.4) is 0 Å². The van der Waals surface area contributed by atoms with Gasteiger partial charge in [-0.3, -0.25) is 0 Å². The van der Waals surface area contributed by atoms with Gasteiger partial charge in [0.15, 0.2) is 0 Å². The maximum atomic E-state index is 9.43. The molecule has 0 unspecified atom stereocenters. The van der Waals surface area contributed by atoms with E-state index in [1.165, 1.54) is 0 Å². The van der Waals surface area contributed by atoms with Crippen molar-refractivity contribution in [3.63, 3.8) is 0 Å². The van der Waals surface area contributed by atoms with Crippen LogP contribution in [0, 0.1) is 6.92 Å². The van der Waals surface area contributed by atoms with Crippen molar-refractivity contribution in [3.8, 4) is 0 Å². The zero-order chi connectivity index (χ0) is 20.6. The van der Waals surface area contributed by atoms with Gasteiger partial charge in [0.05, 0.1) is 6.61 Å².